The second-order valence-electron chi connectivity index (χ2n) is 6.17. The lowest BCUT2D eigenvalue weighted by Crippen LogP contribution is -2.34. The van der Waals surface area contributed by atoms with Crippen molar-refractivity contribution < 1.29 is 9.59 Å². The van der Waals surface area contributed by atoms with Crippen LogP contribution in [0.25, 0.3) is 0 Å². The molecule has 2 heterocycles. The van der Waals surface area contributed by atoms with E-state index in [1.807, 2.05) is 18.7 Å². The van der Waals surface area contributed by atoms with Gasteiger partial charge < -0.3 is 16.0 Å². The molecule has 1 saturated heterocycles. The SMILES string of the molecule is CC(N)CCNC(=O)c1cccnc1SC(C)C(=O)N1CCCC1.Cl.Cl. The smallest absolute Gasteiger partial charge is 0.254 e. The number of nitrogens with zero attached hydrogens (tertiary/aromatic N) is 2. The van der Waals surface area contributed by atoms with Crippen LogP contribution < -0.4 is 11.1 Å². The molecule has 148 valence electrons. The van der Waals surface area contributed by atoms with E-state index >= 15 is 0 Å². The molecule has 0 bridgehead atoms. The van der Waals surface area contributed by atoms with E-state index in [4.69, 9.17) is 5.73 Å². The Hall–Kier alpha value is -1.02. The van der Waals surface area contributed by atoms with Gasteiger partial charge in [-0.1, -0.05) is 11.8 Å². The van der Waals surface area contributed by atoms with Gasteiger partial charge in [0.05, 0.1) is 10.8 Å². The van der Waals surface area contributed by atoms with Crippen molar-refractivity contribution in [2.75, 3.05) is 19.6 Å². The Bertz CT molecular complexity index is 584. The lowest BCUT2D eigenvalue weighted by molar-refractivity contribution is -0.129. The van der Waals surface area contributed by atoms with Gasteiger partial charge in [0.1, 0.15) is 5.03 Å². The van der Waals surface area contributed by atoms with Crippen LogP contribution in [0, 0.1) is 0 Å². The second kappa shape index (κ2) is 12.4. The lowest BCUT2D eigenvalue weighted by atomic mass is 10.2. The third kappa shape index (κ3) is 7.31. The summed E-state index contributed by atoms with van der Waals surface area (Å²) in [5, 5.41) is 3.20. The maximum Gasteiger partial charge on any atom is 0.254 e. The molecule has 6 nitrogen and oxygen atoms in total. The average molecular weight is 423 g/mol. The second-order valence-corrected chi connectivity index (χ2v) is 7.50. The first-order valence-corrected chi connectivity index (χ1v) is 9.31. The van der Waals surface area contributed by atoms with E-state index in [0.717, 1.165) is 32.4 Å². The molecule has 9 heteroatoms. The van der Waals surface area contributed by atoms with Crippen LogP contribution in [0.15, 0.2) is 23.4 Å². The number of pyridine rings is 1. The van der Waals surface area contributed by atoms with Crippen LogP contribution in [0.5, 0.6) is 0 Å². The van der Waals surface area contributed by atoms with Crippen LogP contribution in [0.1, 0.15) is 43.5 Å². The number of carbonyl (C=O) groups is 2. The van der Waals surface area contributed by atoms with Crippen LogP contribution in [-0.2, 0) is 4.79 Å². The molecule has 0 spiro atoms. The highest BCUT2D eigenvalue weighted by Crippen LogP contribution is 2.26. The van der Waals surface area contributed by atoms with Crippen molar-refractivity contribution in [3.63, 3.8) is 0 Å². The molecule has 1 aliphatic rings. The van der Waals surface area contributed by atoms with Crippen molar-refractivity contribution in [2.24, 2.45) is 5.73 Å². The minimum Gasteiger partial charge on any atom is -0.352 e. The lowest BCUT2D eigenvalue weighted by Gasteiger charge is -2.20. The summed E-state index contributed by atoms with van der Waals surface area (Å²) >= 11 is 1.35. The van der Waals surface area contributed by atoms with E-state index in [1.165, 1.54) is 11.8 Å². The molecule has 0 radical (unpaired) electrons. The molecule has 2 atom stereocenters. The molecule has 0 saturated carbocycles. The Kier molecular flexibility index (Phi) is 11.9. The van der Waals surface area contributed by atoms with Gasteiger partial charge in [0.15, 0.2) is 0 Å². The van der Waals surface area contributed by atoms with E-state index in [1.54, 1.807) is 18.3 Å². The number of hydrogen-bond donors (Lipinski definition) is 2. The first-order chi connectivity index (χ1) is 11.5. The van der Waals surface area contributed by atoms with E-state index in [2.05, 4.69) is 10.3 Å². The zero-order valence-corrected chi connectivity index (χ0v) is 17.6. The van der Waals surface area contributed by atoms with Crippen molar-refractivity contribution >= 4 is 48.4 Å². The molecular weight excluding hydrogens is 395 g/mol. The number of rotatable bonds is 7. The number of thioether (sulfide) groups is 1. The molecule has 0 aliphatic carbocycles. The summed E-state index contributed by atoms with van der Waals surface area (Å²) in [4.78, 5) is 31.0. The Morgan fingerprint density at radius 2 is 1.96 bits per heavy atom. The minimum absolute atomic E-state index is 0. The maximum absolute atomic E-state index is 12.4. The highest BCUT2D eigenvalue weighted by molar-refractivity contribution is 8.00. The predicted octanol–water partition coefficient (Wildman–Crippen LogP) is 2.50. The summed E-state index contributed by atoms with van der Waals surface area (Å²) in [6, 6.07) is 3.52. The first kappa shape index (κ1) is 25.0. The van der Waals surface area contributed by atoms with Gasteiger partial charge in [-0.15, -0.1) is 24.8 Å². The van der Waals surface area contributed by atoms with Crippen molar-refractivity contribution in [1.29, 1.82) is 0 Å². The van der Waals surface area contributed by atoms with Gasteiger partial charge in [0.2, 0.25) is 5.91 Å². The van der Waals surface area contributed by atoms with Crippen LogP contribution in [0.3, 0.4) is 0 Å². The zero-order valence-electron chi connectivity index (χ0n) is 15.1. The Morgan fingerprint density at radius 3 is 2.58 bits per heavy atom. The monoisotopic (exact) mass is 422 g/mol. The van der Waals surface area contributed by atoms with Crippen LogP contribution in [0.4, 0.5) is 0 Å². The summed E-state index contributed by atoms with van der Waals surface area (Å²) in [5.41, 5.74) is 6.20. The molecule has 1 fully saturated rings. The van der Waals surface area contributed by atoms with E-state index in [-0.39, 0.29) is 47.9 Å². The van der Waals surface area contributed by atoms with E-state index in [0.29, 0.717) is 17.1 Å². The first-order valence-electron chi connectivity index (χ1n) is 8.43. The zero-order chi connectivity index (χ0) is 17.5. The summed E-state index contributed by atoms with van der Waals surface area (Å²) in [6.07, 6.45) is 4.51. The highest BCUT2D eigenvalue weighted by Gasteiger charge is 2.25. The molecular formula is C17H28Cl2N4O2S. The van der Waals surface area contributed by atoms with Gasteiger partial charge in [-0.3, -0.25) is 9.59 Å². The van der Waals surface area contributed by atoms with Crippen molar-refractivity contribution in [3.05, 3.63) is 23.9 Å². The molecule has 1 aliphatic heterocycles. The number of carbonyl (C=O) groups excluding carboxylic acids is 2. The standard InChI is InChI=1S/C17H26N4O2S.2ClH/c1-12(18)7-9-19-15(22)14-6-5-8-20-16(14)24-13(2)17(23)21-10-3-4-11-21;;/h5-6,8,12-13H,3-4,7,9-11,18H2,1-2H3,(H,19,22);2*1H. The van der Waals surface area contributed by atoms with Crippen molar-refractivity contribution in [1.82, 2.24) is 15.2 Å². The molecule has 26 heavy (non-hydrogen) atoms. The number of nitrogens with one attached hydrogen (secondary N) is 1. The Labute approximate surface area is 171 Å². The van der Waals surface area contributed by atoms with E-state index < -0.39 is 0 Å². The van der Waals surface area contributed by atoms with Crippen LogP contribution in [-0.4, -0.2) is 52.6 Å². The molecule has 2 amide bonds. The average Bonchev–Trinajstić information content (AvgIpc) is 3.08. The largest absolute Gasteiger partial charge is 0.352 e. The molecule has 2 unspecified atom stereocenters. The third-order valence-corrected chi connectivity index (χ3v) is 5.06. The number of likely N-dealkylation sites (tertiary alicyclic amines) is 1. The fourth-order valence-electron chi connectivity index (χ4n) is 2.58. The topological polar surface area (TPSA) is 88.3 Å². The molecule has 0 aromatic carbocycles. The summed E-state index contributed by atoms with van der Waals surface area (Å²) < 4.78 is 0. The number of amides is 2. The maximum atomic E-state index is 12.4. The summed E-state index contributed by atoms with van der Waals surface area (Å²) in [7, 11) is 0. The summed E-state index contributed by atoms with van der Waals surface area (Å²) in [5.74, 6) is -0.0569. The summed E-state index contributed by atoms with van der Waals surface area (Å²) in [6.45, 7) is 5.96. The Balaban J connectivity index is 0.00000312. The van der Waals surface area contributed by atoms with Crippen molar-refractivity contribution in [2.45, 2.75) is 49.4 Å². The van der Waals surface area contributed by atoms with Crippen molar-refractivity contribution in [3.8, 4) is 0 Å². The van der Waals surface area contributed by atoms with Gasteiger partial charge in [0, 0.05) is 31.9 Å². The molecule has 1 aromatic rings. The highest BCUT2D eigenvalue weighted by atomic mass is 35.5. The Morgan fingerprint density at radius 1 is 1.31 bits per heavy atom. The fraction of sp³-hybridized carbons (Fsp3) is 0.588. The number of halogens is 2. The quantitative estimate of drug-likeness (QED) is 0.658. The van der Waals surface area contributed by atoms with Crippen LogP contribution in [0.2, 0.25) is 0 Å². The van der Waals surface area contributed by atoms with Gasteiger partial charge >= 0.3 is 0 Å². The van der Waals surface area contributed by atoms with Gasteiger partial charge in [-0.25, -0.2) is 4.98 Å². The molecule has 1 aromatic heterocycles. The van der Waals surface area contributed by atoms with Gasteiger partial charge in [-0.05, 0) is 45.2 Å². The molecule has 2 rings (SSSR count). The van der Waals surface area contributed by atoms with Crippen LogP contribution >= 0.6 is 36.6 Å². The number of hydrogen-bond acceptors (Lipinski definition) is 5. The van der Waals surface area contributed by atoms with Gasteiger partial charge in [-0.2, -0.15) is 0 Å². The number of nitrogens with two attached hydrogens (primary N) is 1. The predicted molar refractivity (Wildman–Crippen MR) is 110 cm³/mol. The van der Waals surface area contributed by atoms with E-state index in [9.17, 15) is 9.59 Å². The number of aromatic nitrogens is 1. The normalized spacial score (nSPS) is 15.4. The minimum atomic E-state index is -0.256. The van der Waals surface area contributed by atoms with Gasteiger partial charge in [0.25, 0.3) is 5.91 Å². The fourth-order valence-corrected chi connectivity index (χ4v) is 3.57. The third-order valence-electron chi connectivity index (χ3n) is 3.95. The molecule has 3 N–H and O–H groups in total.